The van der Waals surface area contributed by atoms with E-state index >= 15 is 0 Å². The normalized spacial score (nSPS) is 11.8. The largest absolute Gasteiger partial charge is 0.416 e. The van der Waals surface area contributed by atoms with E-state index in [1.807, 2.05) is 6.92 Å². The van der Waals surface area contributed by atoms with Crippen LogP contribution >= 0.6 is 11.6 Å². The lowest BCUT2D eigenvalue weighted by molar-refractivity contribution is -0.138. The minimum Gasteiger partial charge on any atom is -0.297 e. The molecule has 0 radical (unpaired) electrons. The van der Waals surface area contributed by atoms with E-state index in [-0.39, 0.29) is 17.4 Å². The van der Waals surface area contributed by atoms with Crippen molar-refractivity contribution in [3.05, 3.63) is 46.5 Å². The summed E-state index contributed by atoms with van der Waals surface area (Å²) >= 11 is 5.91. The van der Waals surface area contributed by atoms with Crippen LogP contribution < -0.4 is 0 Å². The van der Waals surface area contributed by atoms with Crippen LogP contribution in [0, 0.1) is 0 Å². The van der Waals surface area contributed by atoms with E-state index < -0.39 is 11.7 Å². The summed E-state index contributed by atoms with van der Waals surface area (Å²) in [5, 5.41) is 7.72. The Morgan fingerprint density at radius 2 is 1.90 bits per heavy atom. The number of alkyl halides is 3. The first kappa shape index (κ1) is 14.8. The SMILES string of the molecule is CCCc1nnc(Cl)n1Cc1ccccc1C(F)(F)F. The van der Waals surface area contributed by atoms with Gasteiger partial charge in [-0.2, -0.15) is 13.2 Å². The number of halogens is 4. The third-order valence-corrected chi connectivity index (χ3v) is 3.19. The molecule has 20 heavy (non-hydrogen) atoms. The summed E-state index contributed by atoms with van der Waals surface area (Å²) in [6.07, 6.45) is -2.95. The number of aromatic nitrogens is 3. The van der Waals surface area contributed by atoms with Gasteiger partial charge in [-0.3, -0.25) is 4.57 Å². The van der Waals surface area contributed by atoms with Gasteiger partial charge in [0.15, 0.2) is 0 Å². The summed E-state index contributed by atoms with van der Waals surface area (Å²) in [6, 6.07) is 5.44. The van der Waals surface area contributed by atoms with Crippen LogP contribution in [0.15, 0.2) is 24.3 Å². The molecule has 0 unspecified atom stereocenters. The van der Waals surface area contributed by atoms with E-state index in [0.29, 0.717) is 12.2 Å². The van der Waals surface area contributed by atoms with Crippen LogP contribution in [0.1, 0.15) is 30.3 Å². The molecule has 1 aromatic carbocycles. The summed E-state index contributed by atoms with van der Waals surface area (Å²) in [6.45, 7) is 1.97. The van der Waals surface area contributed by atoms with E-state index in [0.717, 1.165) is 12.5 Å². The molecule has 0 N–H and O–H groups in total. The van der Waals surface area contributed by atoms with Crippen molar-refractivity contribution in [1.29, 1.82) is 0 Å². The van der Waals surface area contributed by atoms with Crippen molar-refractivity contribution < 1.29 is 13.2 Å². The Balaban J connectivity index is 2.38. The lowest BCUT2D eigenvalue weighted by atomic mass is 10.1. The molecule has 0 spiro atoms. The minimum absolute atomic E-state index is 0.0108. The zero-order valence-corrected chi connectivity index (χ0v) is 11.5. The van der Waals surface area contributed by atoms with Gasteiger partial charge in [0.05, 0.1) is 12.1 Å². The Hall–Kier alpha value is -1.56. The molecule has 0 saturated carbocycles. The van der Waals surface area contributed by atoms with Crippen LogP contribution in [0.2, 0.25) is 5.28 Å². The second kappa shape index (κ2) is 5.83. The van der Waals surface area contributed by atoms with Crippen molar-refractivity contribution in [2.75, 3.05) is 0 Å². The van der Waals surface area contributed by atoms with Gasteiger partial charge in [-0.05, 0) is 29.7 Å². The number of rotatable bonds is 4. The first-order chi connectivity index (χ1) is 9.43. The molecule has 1 heterocycles. The molecule has 7 heteroatoms. The summed E-state index contributed by atoms with van der Waals surface area (Å²) in [5.74, 6) is 0.592. The smallest absolute Gasteiger partial charge is 0.297 e. The highest BCUT2D eigenvalue weighted by Gasteiger charge is 2.33. The highest BCUT2D eigenvalue weighted by atomic mass is 35.5. The molecule has 0 atom stereocenters. The molecule has 0 aliphatic carbocycles. The van der Waals surface area contributed by atoms with E-state index in [1.165, 1.54) is 16.7 Å². The van der Waals surface area contributed by atoms with Crippen molar-refractivity contribution in [1.82, 2.24) is 14.8 Å². The van der Waals surface area contributed by atoms with Crippen LogP contribution in [-0.2, 0) is 19.1 Å². The van der Waals surface area contributed by atoms with E-state index in [4.69, 9.17) is 11.6 Å². The molecule has 0 amide bonds. The van der Waals surface area contributed by atoms with Gasteiger partial charge in [-0.25, -0.2) is 0 Å². The molecule has 0 bridgehead atoms. The minimum atomic E-state index is -4.39. The van der Waals surface area contributed by atoms with Crippen LogP contribution in [0.3, 0.4) is 0 Å². The molecule has 0 aliphatic heterocycles. The van der Waals surface area contributed by atoms with Crippen LogP contribution in [-0.4, -0.2) is 14.8 Å². The van der Waals surface area contributed by atoms with Gasteiger partial charge in [0.25, 0.3) is 0 Å². The lowest BCUT2D eigenvalue weighted by Crippen LogP contribution is -2.13. The molecule has 108 valence electrons. The highest BCUT2D eigenvalue weighted by Crippen LogP contribution is 2.32. The molecule has 0 aliphatic rings. The second-order valence-corrected chi connectivity index (χ2v) is 4.71. The van der Waals surface area contributed by atoms with Gasteiger partial charge < -0.3 is 0 Å². The van der Waals surface area contributed by atoms with Crippen LogP contribution in [0.25, 0.3) is 0 Å². The van der Waals surface area contributed by atoms with E-state index in [9.17, 15) is 13.2 Å². The standard InChI is InChI=1S/C13H13ClF3N3/c1-2-5-11-18-19-12(14)20(11)8-9-6-3-4-7-10(9)13(15,16)17/h3-4,6-7H,2,5,8H2,1H3. The molecular formula is C13H13ClF3N3. The van der Waals surface area contributed by atoms with Gasteiger partial charge in [0.1, 0.15) is 5.82 Å². The molecule has 2 rings (SSSR count). The number of hydrogen-bond acceptors (Lipinski definition) is 2. The monoisotopic (exact) mass is 303 g/mol. The second-order valence-electron chi connectivity index (χ2n) is 4.38. The lowest BCUT2D eigenvalue weighted by Gasteiger charge is -2.14. The fraction of sp³-hybridized carbons (Fsp3) is 0.385. The fourth-order valence-electron chi connectivity index (χ4n) is 1.98. The molecule has 3 nitrogen and oxygen atoms in total. The fourth-order valence-corrected chi connectivity index (χ4v) is 2.18. The van der Waals surface area contributed by atoms with Crippen LogP contribution in [0.4, 0.5) is 13.2 Å². The molecule has 0 fully saturated rings. The van der Waals surface area contributed by atoms with Gasteiger partial charge in [-0.15, -0.1) is 10.2 Å². The van der Waals surface area contributed by atoms with Crippen molar-refractivity contribution in [2.24, 2.45) is 0 Å². The maximum Gasteiger partial charge on any atom is 0.416 e. The quantitative estimate of drug-likeness (QED) is 0.856. The Labute approximate surface area is 119 Å². The number of hydrogen-bond donors (Lipinski definition) is 0. The number of benzene rings is 1. The zero-order valence-electron chi connectivity index (χ0n) is 10.8. The van der Waals surface area contributed by atoms with Gasteiger partial charge in [0, 0.05) is 6.42 Å². The van der Waals surface area contributed by atoms with Crippen molar-refractivity contribution in [3.63, 3.8) is 0 Å². The first-order valence-electron chi connectivity index (χ1n) is 6.16. The van der Waals surface area contributed by atoms with Crippen LogP contribution in [0.5, 0.6) is 0 Å². The average Bonchev–Trinajstić information content (AvgIpc) is 2.71. The molecular weight excluding hydrogens is 291 g/mol. The molecule has 0 saturated heterocycles. The number of aryl methyl sites for hydroxylation is 1. The predicted molar refractivity (Wildman–Crippen MR) is 69.6 cm³/mol. The van der Waals surface area contributed by atoms with E-state index in [2.05, 4.69) is 10.2 Å². The highest BCUT2D eigenvalue weighted by molar-refractivity contribution is 6.28. The Kier molecular flexibility index (Phi) is 4.32. The molecule has 2 aromatic rings. The van der Waals surface area contributed by atoms with Crippen molar-refractivity contribution >= 4 is 11.6 Å². The van der Waals surface area contributed by atoms with Crippen molar-refractivity contribution in [2.45, 2.75) is 32.5 Å². The van der Waals surface area contributed by atoms with Gasteiger partial charge in [0.2, 0.25) is 5.28 Å². The third-order valence-electron chi connectivity index (χ3n) is 2.91. The maximum atomic E-state index is 13.0. The summed E-state index contributed by atoms with van der Waals surface area (Å²) in [5.41, 5.74) is -0.508. The summed E-state index contributed by atoms with van der Waals surface area (Å²) in [4.78, 5) is 0. The summed E-state index contributed by atoms with van der Waals surface area (Å²) < 4.78 is 40.4. The predicted octanol–water partition coefficient (Wildman–Crippen LogP) is 3.95. The van der Waals surface area contributed by atoms with Gasteiger partial charge in [-0.1, -0.05) is 25.1 Å². The van der Waals surface area contributed by atoms with E-state index in [1.54, 1.807) is 6.07 Å². The average molecular weight is 304 g/mol. The topological polar surface area (TPSA) is 30.7 Å². The van der Waals surface area contributed by atoms with Gasteiger partial charge >= 0.3 is 6.18 Å². The maximum absolute atomic E-state index is 13.0. The Morgan fingerprint density at radius 1 is 1.20 bits per heavy atom. The third kappa shape index (κ3) is 3.12. The Bertz CT molecular complexity index is 593. The summed E-state index contributed by atoms with van der Waals surface area (Å²) in [7, 11) is 0. The first-order valence-corrected chi connectivity index (χ1v) is 6.54. The zero-order chi connectivity index (χ0) is 14.8. The van der Waals surface area contributed by atoms with Crippen molar-refractivity contribution in [3.8, 4) is 0 Å². The molecule has 1 aromatic heterocycles. The Morgan fingerprint density at radius 3 is 2.55 bits per heavy atom. The number of nitrogens with zero attached hydrogens (tertiary/aromatic N) is 3.